The van der Waals surface area contributed by atoms with E-state index < -0.39 is 5.91 Å². The van der Waals surface area contributed by atoms with Gasteiger partial charge >= 0.3 is 5.91 Å². The minimum Gasteiger partial charge on any atom is -0.489 e. The number of nitrogens with two attached hydrogens (primary N) is 1. The zero-order valence-electron chi connectivity index (χ0n) is 9.97. The molecular formula is C13H14N2O3. The van der Waals surface area contributed by atoms with E-state index >= 15 is 0 Å². The standard InChI is InChI=1S/C13H14N2O3/c1-9-3-2-4-11(7-9)18-8-10-5-6-17-12(10)13(16)15-14/h2-7H,8,14H2,1H3,(H,15,16). The van der Waals surface area contributed by atoms with Gasteiger partial charge in [-0.25, -0.2) is 5.84 Å². The number of ether oxygens (including phenoxy) is 1. The number of carbonyl (C=O) groups excluding carboxylic acids is 1. The molecule has 2 aromatic rings. The van der Waals surface area contributed by atoms with Gasteiger partial charge < -0.3 is 9.15 Å². The van der Waals surface area contributed by atoms with Gasteiger partial charge in [0.2, 0.25) is 0 Å². The molecule has 0 aliphatic carbocycles. The molecule has 0 saturated carbocycles. The summed E-state index contributed by atoms with van der Waals surface area (Å²) in [7, 11) is 0. The molecule has 94 valence electrons. The van der Waals surface area contributed by atoms with E-state index in [1.165, 1.54) is 6.26 Å². The monoisotopic (exact) mass is 246 g/mol. The molecule has 1 amide bonds. The van der Waals surface area contributed by atoms with Crippen LogP contribution in [-0.2, 0) is 6.61 Å². The van der Waals surface area contributed by atoms with Crippen molar-refractivity contribution in [2.75, 3.05) is 0 Å². The third-order valence-corrected chi connectivity index (χ3v) is 2.47. The number of rotatable bonds is 4. The SMILES string of the molecule is Cc1cccc(OCc2ccoc2C(=O)NN)c1. The number of benzene rings is 1. The predicted octanol–water partition coefficient (Wildman–Crippen LogP) is 1.77. The second-order valence-electron chi connectivity index (χ2n) is 3.85. The molecule has 2 rings (SSSR count). The van der Waals surface area contributed by atoms with Crippen molar-refractivity contribution in [2.24, 2.45) is 5.84 Å². The van der Waals surface area contributed by atoms with Crippen LogP contribution in [-0.4, -0.2) is 5.91 Å². The topological polar surface area (TPSA) is 77.5 Å². The van der Waals surface area contributed by atoms with Crippen molar-refractivity contribution in [3.63, 3.8) is 0 Å². The van der Waals surface area contributed by atoms with Gasteiger partial charge in [-0.05, 0) is 30.7 Å². The number of aryl methyl sites for hydroxylation is 1. The van der Waals surface area contributed by atoms with Gasteiger partial charge in [-0.3, -0.25) is 10.2 Å². The highest BCUT2D eigenvalue weighted by molar-refractivity contribution is 5.92. The molecule has 0 saturated heterocycles. The summed E-state index contributed by atoms with van der Waals surface area (Å²) in [5.41, 5.74) is 3.79. The first-order valence-electron chi connectivity index (χ1n) is 5.47. The van der Waals surface area contributed by atoms with Crippen LogP contribution in [0.25, 0.3) is 0 Å². The molecule has 0 unspecified atom stereocenters. The van der Waals surface area contributed by atoms with Crippen molar-refractivity contribution in [3.8, 4) is 5.75 Å². The van der Waals surface area contributed by atoms with Gasteiger partial charge in [0.15, 0.2) is 5.76 Å². The fourth-order valence-electron chi connectivity index (χ4n) is 1.58. The van der Waals surface area contributed by atoms with E-state index in [4.69, 9.17) is 15.0 Å². The molecule has 0 fully saturated rings. The van der Waals surface area contributed by atoms with Crippen LogP contribution in [0, 0.1) is 6.92 Å². The first kappa shape index (κ1) is 12.2. The van der Waals surface area contributed by atoms with Crippen LogP contribution in [0.4, 0.5) is 0 Å². The lowest BCUT2D eigenvalue weighted by atomic mass is 10.2. The van der Waals surface area contributed by atoms with Gasteiger partial charge in [-0.1, -0.05) is 12.1 Å². The van der Waals surface area contributed by atoms with Crippen LogP contribution < -0.4 is 16.0 Å². The van der Waals surface area contributed by atoms with Crippen LogP contribution in [0.15, 0.2) is 41.0 Å². The summed E-state index contributed by atoms with van der Waals surface area (Å²) in [5, 5.41) is 0. The van der Waals surface area contributed by atoms with Crippen molar-refractivity contribution in [2.45, 2.75) is 13.5 Å². The molecule has 0 bridgehead atoms. The fourth-order valence-corrected chi connectivity index (χ4v) is 1.58. The molecular weight excluding hydrogens is 232 g/mol. The first-order chi connectivity index (χ1) is 8.70. The summed E-state index contributed by atoms with van der Waals surface area (Å²) in [6.45, 7) is 2.24. The highest BCUT2D eigenvalue weighted by Crippen LogP contribution is 2.17. The Morgan fingerprint density at radius 1 is 1.44 bits per heavy atom. The minimum absolute atomic E-state index is 0.171. The number of carbonyl (C=O) groups is 1. The summed E-state index contributed by atoms with van der Waals surface area (Å²) in [5.74, 6) is 5.51. The summed E-state index contributed by atoms with van der Waals surface area (Å²) in [4.78, 5) is 11.4. The van der Waals surface area contributed by atoms with Crippen molar-refractivity contribution >= 4 is 5.91 Å². The highest BCUT2D eigenvalue weighted by atomic mass is 16.5. The third-order valence-electron chi connectivity index (χ3n) is 2.47. The predicted molar refractivity (Wildman–Crippen MR) is 65.9 cm³/mol. The summed E-state index contributed by atoms with van der Waals surface area (Å²) in [6, 6.07) is 9.35. The Bertz CT molecular complexity index is 549. The van der Waals surface area contributed by atoms with Crippen LogP contribution in [0.1, 0.15) is 21.7 Å². The molecule has 0 spiro atoms. The van der Waals surface area contributed by atoms with Crippen LogP contribution in [0.3, 0.4) is 0 Å². The molecule has 1 heterocycles. The molecule has 3 N–H and O–H groups in total. The Kier molecular flexibility index (Phi) is 3.64. The largest absolute Gasteiger partial charge is 0.489 e. The maximum Gasteiger partial charge on any atom is 0.301 e. The van der Waals surface area contributed by atoms with Gasteiger partial charge in [0.25, 0.3) is 0 Å². The molecule has 0 radical (unpaired) electrons. The van der Waals surface area contributed by atoms with Crippen molar-refractivity contribution in [1.82, 2.24) is 5.43 Å². The fraction of sp³-hybridized carbons (Fsp3) is 0.154. The Morgan fingerprint density at radius 2 is 2.28 bits per heavy atom. The average molecular weight is 246 g/mol. The smallest absolute Gasteiger partial charge is 0.301 e. The lowest BCUT2D eigenvalue weighted by molar-refractivity contribution is 0.0922. The van der Waals surface area contributed by atoms with E-state index in [1.807, 2.05) is 36.6 Å². The molecule has 5 nitrogen and oxygen atoms in total. The molecule has 1 aromatic heterocycles. The number of hydrazine groups is 1. The Morgan fingerprint density at radius 3 is 3.00 bits per heavy atom. The van der Waals surface area contributed by atoms with Crippen LogP contribution >= 0.6 is 0 Å². The van der Waals surface area contributed by atoms with E-state index in [0.717, 1.165) is 11.3 Å². The number of nitrogen functional groups attached to an aromatic ring is 1. The zero-order valence-corrected chi connectivity index (χ0v) is 9.97. The Balaban J connectivity index is 2.07. The number of hydrogen-bond acceptors (Lipinski definition) is 4. The van der Waals surface area contributed by atoms with E-state index in [1.54, 1.807) is 6.07 Å². The lowest BCUT2D eigenvalue weighted by Crippen LogP contribution is -2.30. The number of hydrogen-bond donors (Lipinski definition) is 2. The Labute approximate surface area is 105 Å². The Hall–Kier alpha value is -2.27. The first-order valence-corrected chi connectivity index (χ1v) is 5.47. The van der Waals surface area contributed by atoms with Gasteiger partial charge in [0.05, 0.1) is 6.26 Å². The maximum atomic E-state index is 11.4. The molecule has 5 heteroatoms. The lowest BCUT2D eigenvalue weighted by Gasteiger charge is -2.06. The second-order valence-corrected chi connectivity index (χ2v) is 3.85. The summed E-state index contributed by atoms with van der Waals surface area (Å²) >= 11 is 0. The highest BCUT2D eigenvalue weighted by Gasteiger charge is 2.14. The van der Waals surface area contributed by atoms with Gasteiger partial charge in [-0.2, -0.15) is 0 Å². The molecule has 0 aliphatic heterocycles. The average Bonchev–Trinajstić information content (AvgIpc) is 2.84. The van der Waals surface area contributed by atoms with Crippen LogP contribution in [0.2, 0.25) is 0 Å². The maximum absolute atomic E-state index is 11.4. The van der Waals surface area contributed by atoms with Gasteiger partial charge in [0, 0.05) is 5.56 Å². The van der Waals surface area contributed by atoms with Gasteiger partial charge in [0.1, 0.15) is 12.4 Å². The molecule has 18 heavy (non-hydrogen) atoms. The van der Waals surface area contributed by atoms with E-state index in [-0.39, 0.29) is 12.4 Å². The number of furan rings is 1. The normalized spacial score (nSPS) is 10.1. The van der Waals surface area contributed by atoms with E-state index in [2.05, 4.69) is 0 Å². The summed E-state index contributed by atoms with van der Waals surface area (Å²) < 4.78 is 10.6. The van der Waals surface area contributed by atoms with Crippen molar-refractivity contribution in [1.29, 1.82) is 0 Å². The molecule has 0 aliphatic rings. The second kappa shape index (κ2) is 5.37. The van der Waals surface area contributed by atoms with E-state index in [9.17, 15) is 4.79 Å². The quantitative estimate of drug-likeness (QED) is 0.489. The number of amides is 1. The van der Waals surface area contributed by atoms with E-state index in [0.29, 0.717) is 5.56 Å². The number of nitrogens with one attached hydrogen (secondary N) is 1. The summed E-state index contributed by atoms with van der Waals surface area (Å²) in [6.07, 6.45) is 1.43. The van der Waals surface area contributed by atoms with Gasteiger partial charge in [-0.15, -0.1) is 0 Å². The zero-order chi connectivity index (χ0) is 13.0. The van der Waals surface area contributed by atoms with Crippen molar-refractivity contribution < 1.29 is 13.9 Å². The minimum atomic E-state index is -0.470. The molecule has 1 aromatic carbocycles. The van der Waals surface area contributed by atoms with Crippen molar-refractivity contribution in [3.05, 3.63) is 53.5 Å². The molecule has 0 atom stereocenters. The third kappa shape index (κ3) is 2.70. The van der Waals surface area contributed by atoms with Crippen LogP contribution in [0.5, 0.6) is 5.75 Å².